The maximum atomic E-state index is 12.5. The fraction of sp³-hybridized carbons (Fsp3) is 0.619. The van der Waals surface area contributed by atoms with E-state index in [0.29, 0.717) is 25.4 Å². The smallest absolute Gasteiger partial charge is 0.224 e. The number of carbonyl (C=O) groups excluding carboxylic acids is 2. The first kappa shape index (κ1) is 20.3. The minimum atomic E-state index is 0.0474. The lowest BCUT2D eigenvalue weighted by Gasteiger charge is -2.37. The monoisotopic (exact) mass is 359 g/mol. The van der Waals surface area contributed by atoms with Crippen LogP contribution in [0.3, 0.4) is 0 Å². The Bertz CT molecular complexity index is 634. The summed E-state index contributed by atoms with van der Waals surface area (Å²) < 4.78 is 0. The second-order valence-electron chi connectivity index (χ2n) is 7.70. The van der Waals surface area contributed by atoms with E-state index < -0.39 is 0 Å². The number of piperazine rings is 1. The number of anilines is 1. The standard InChI is InChI=1S/C21H33N3O2/c1-16(2)15-24(19(5)25)10-9-21(26)23-13-11-22(12-14-23)20-8-6-7-17(3)18(20)4/h6-8,16H,9-15H2,1-5H3. The molecule has 1 saturated heterocycles. The summed E-state index contributed by atoms with van der Waals surface area (Å²) in [6.45, 7) is 14.5. The Labute approximate surface area is 158 Å². The third-order valence-corrected chi connectivity index (χ3v) is 5.18. The second kappa shape index (κ2) is 9.06. The highest BCUT2D eigenvalue weighted by molar-refractivity contribution is 5.78. The van der Waals surface area contributed by atoms with Crippen molar-refractivity contribution in [1.82, 2.24) is 9.80 Å². The van der Waals surface area contributed by atoms with Crippen LogP contribution in [-0.4, -0.2) is 60.9 Å². The fourth-order valence-corrected chi connectivity index (χ4v) is 3.48. The van der Waals surface area contributed by atoms with Crippen LogP contribution in [0, 0.1) is 19.8 Å². The van der Waals surface area contributed by atoms with Gasteiger partial charge in [0.15, 0.2) is 0 Å². The Morgan fingerprint density at radius 1 is 1.12 bits per heavy atom. The molecule has 0 radical (unpaired) electrons. The van der Waals surface area contributed by atoms with Gasteiger partial charge in [-0.1, -0.05) is 26.0 Å². The lowest BCUT2D eigenvalue weighted by atomic mass is 10.1. The first-order valence-corrected chi connectivity index (χ1v) is 9.64. The fourth-order valence-electron chi connectivity index (χ4n) is 3.48. The van der Waals surface area contributed by atoms with E-state index in [-0.39, 0.29) is 11.8 Å². The molecule has 2 amide bonds. The summed E-state index contributed by atoms with van der Waals surface area (Å²) in [7, 11) is 0. The average molecular weight is 360 g/mol. The molecule has 5 nitrogen and oxygen atoms in total. The number of hydrogen-bond donors (Lipinski definition) is 0. The lowest BCUT2D eigenvalue weighted by molar-refractivity contribution is -0.133. The van der Waals surface area contributed by atoms with Crippen LogP contribution in [0.5, 0.6) is 0 Å². The summed E-state index contributed by atoms with van der Waals surface area (Å²) in [6, 6.07) is 6.40. The molecule has 0 saturated carbocycles. The molecule has 0 bridgehead atoms. The van der Waals surface area contributed by atoms with Gasteiger partial charge >= 0.3 is 0 Å². The van der Waals surface area contributed by atoms with Gasteiger partial charge in [0.2, 0.25) is 11.8 Å². The van der Waals surface area contributed by atoms with Crippen LogP contribution in [0.1, 0.15) is 38.3 Å². The van der Waals surface area contributed by atoms with Gasteiger partial charge < -0.3 is 14.7 Å². The number of benzene rings is 1. The van der Waals surface area contributed by atoms with Crippen molar-refractivity contribution in [2.24, 2.45) is 5.92 Å². The minimum absolute atomic E-state index is 0.0474. The second-order valence-corrected chi connectivity index (χ2v) is 7.70. The van der Waals surface area contributed by atoms with E-state index in [9.17, 15) is 9.59 Å². The molecule has 1 heterocycles. The van der Waals surface area contributed by atoms with Crippen molar-refractivity contribution >= 4 is 17.5 Å². The molecule has 0 aromatic heterocycles. The van der Waals surface area contributed by atoms with Crippen LogP contribution in [0.2, 0.25) is 0 Å². The van der Waals surface area contributed by atoms with E-state index in [4.69, 9.17) is 0 Å². The molecular formula is C21H33N3O2. The van der Waals surface area contributed by atoms with Gasteiger partial charge in [-0.25, -0.2) is 0 Å². The van der Waals surface area contributed by atoms with Crippen LogP contribution in [-0.2, 0) is 9.59 Å². The van der Waals surface area contributed by atoms with Crippen LogP contribution in [0.15, 0.2) is 18.2 Å². The summed E-state index contributed by atoms with van der Waals surface area (Å²) in [4.78, 5) is 30.4. The molecule has 2 rings (SSSR count). The molecule has 0 unspecified atom stereocenters. The molecule has 5 heteroatoms. The third-order valence-electron chi connectivity index (χ3n) is 5.18. The van der Waals surface area contributed by atoms with Gasteiger partial charge in [0.1, 0.15) is 0 Å². The molecule has 0 spiro atoms. The molecule has 144 valence electrons. The van der Waals surface area contributed by atoms with Crippen LogP contribution >= 0.6 is 0 Å². The number of hydrogen-bond acceptors (Lipinski definition) is 3. The average Bonchev–Trinajstić information content (AvgIpc) is 2.60. The summed E-state index contributed by atoms with van der Waals surface area (Å²) >= 11 is 0. The predicted octanol–water partition coefficient (Wildman–Crippen LogP) is 2.85. The Morgan fingerprint density at radius 2 is 1.77 bits per heavy atom. The van der Waals surface area contributed by atoms with Gasteiger partial charge in [0, 0.05) is 58.3 Å². The van der Waals surface area contributed by atoms with Gasteiger partial charge in [0.05, 0.1) is 0 Å². The summed E-state index contributed by atoms with van der Waals surface area (Å²) in [5.41, 5.74) is 3.89. The molecular weight excluding hydrogens is 326 g/mol. The van der Waals surface area contributed by atoms with E-state index in [2.05, 4.69) is 50.8 Å². The first-order valence-electron chi connectivity index (χ1n) is 9.64. The minimum Gasteiger partial charge on any atom is -0.368 e. The van der Waals surface area contributed by atoms with E-state index in [1.54, 1.807) is 11.8 Å². The lowest BCUT2D eigenvalue weighted by Crippen LogP contribution is -2.49. The maximum Gasteiger partial charge on any atom is 0.224 e. The highest BCUT2D eigenvalue weighted by Crippen LogP contribution is 2.24. The molecule has 1 fully saturated rings. The number of aryl methyl sites for hydroxylation is 1. The Kier molecular flexibility index (Phi) is 7.06. The highest BCUT2D eigenvalue weighted by Gasteiger charge is 2.23. The SMILES string of the molecule is CC(=O)N(CCC(=O)N1CCN(c2cccc(C)c2C)CC1)CC(C)C. The molecule has 0 aliphatic carbocycles. The number of amides is 2. The molecule has 1 aliphatic rings. The quantitative estimate of drug-likeness (QED) is 0.784. The van der Waals surface area contributed by atoms with Crippen molar-refractivity contribution in [3.05, 3.63) is 29.3 Å². The molecule has 0 N–H and O–H groups in total. The van der Waals surface area contributed by atoms with Gasteiger partial charge in [-0.3, -0.25) is 9.59 Å². The van der Waals surface area contributed by atoms with Crippen molar-refractivity contribution in [3.63, 3.8) is 0 Å². The number of carbonyl (C=O) groups is 2. The summed E-state index contributed by atoms with van der Waals surface area (Å²) in [6.07, 6.45) is 0.412. The van der Waals surface area contributed by atoms with Crippen molar-refractivity contribution in [2.45, 2.75) is 41.0 Å². The van der Waals surface area contributed by atoms with Crippen molar-refractivity contribution < 1.29 is 9.59 Å². The van der Waals surface area contributed by atoms with E-state index in [1.165, 1.54) is 16.8 Å². The first-order chi connectivity index (χ1) is 12.3. The van der Waals surface area contributed by atoms with Gasteiger partial charge in [0.25, 0.3) is 0 Å². The van der Waals surface area contributed by atoms with Crippen molar-refractivity contribution in [3.8, 4) is 0 Å². The van der Waals surface area contributed by atoms with E-state index >= 15 is 0 Å². The predicted molar refractivity (Wildman–Crippen MR) is 106 cm³/mol. The van der Waals surface area contributed by atoms with E-state index in [0.717, 1.165) is 26.2 Å². The molecule has 1 aromatic carbocycles. The summed E-state index contributed by atoms with van der Waals surface area (Å²) in [5.74, 6) is 0.613. The molecule has 1 aromatic rings. The van der Waals surface area contributed by atoms with Gasteiger partial charge in [-0.05, 0) is 37.0 Å². The zero-order chi connectivity index (χ0) is 19.3. The topological polar surface area (TPSA) is 43.9 Å². The highest BCUT2D eigenvalue weighted by atomic mass is 16.2. The molecule has 26 heavy (non-hydrogen) atoms. The Balaban J connectivity index is 1.86. The van der Waals surface area contributed by atoms with Crippen molar-refractivity contribution in [1.29, 1.82) is 0 Å². The van der Waals surface area contributed by atoms with Crippen LogP contribution in [0.25, 0.3) is 0 Å². The Hall–Kier alpha value is -2.04. The zero-order valence-electron chi connectivity index (χ0n) is 16.9. The Morgan fingerprint density at radius 3 is 2.35 bits per heavy atom. The largest absolute Gasteiger partial charge is 0.368 e. The number of nitrogens with zero attached hydrogens (tertiary/aromatic N) is 3. The van der Waals surface area contributed by atoms with Gasteiger partial charge in [-0.15, -0.1) is 0 Å². The molecule has 0 atom stereocenters. The third kappa shape index (κ3) is 5.23. The van der Waals surface area contributed by atoms with Crippen LogP contribution < -0.4 is 4.90 Å². The number of rotatable bonds is 6. The van der Waals surface area contributed by atoms with Crippen molar-refractivity contribution in [2.75, 3.05) is 44.2 Å². The van der Waals surface area contributed by atoms with Crippen LogP contribution in [0.4, 0.5) is 5.69 Å². The van der Waals surface area contributed by atoms with E-state index in [1.807, 2.05) is 4.90 Å². The summed E-state index contributed by atoms with van der Waals surface area (Å²) in [5, 5.41) is 0. The molecule has 1 aliphatic heterocycles. The maximum absolute atomic E-state index is 12.5. The normalized spacial score (nSPS) is 14.7. The van der Waals surface area contributed by atoms with Gasteiger partial charge in [-0.2, -0.15) is 0 Å². The zero-order valence-corrected chi connectivity index (χ0v) is 16.9.